The summed E-state index contributed by atoms with van der Waals surface area (Å²) >= 11 is 0. The van der Waals surface area contributed by atoms with Gasteiger partial charge in [-0.15, -0.1) is 0 Å². The van der Waals surface area contributed by atoms with E-state index >= 15 is 0 Å². The van der Waals surface area contributed by atoms with Gasteiger partial charge in [0.15, 0.2) is 0 Å². The van der Waals surface area contributed by atoms with E-state index in [-0.39, 0.29) is 0 Å². The molecule has 0 saturated heterocycles. The summed E-state index contributed by atoms with van der Waals surface area (Å²) in [5, 5.41) is 3.54. The molecule has 2 nitrogen and oxygen atoms in total. The second-order valence-corrected chi connectivity index (χ2v) is 3.58. The molecule has 74 valence electrons. The molecule has 0 bridgehead atoms. The van der Waals surface area contributed by atoms with Crippen molar-refractivity contribution in [1.82, 2.24) is 5.32 Å². The summed E-state index contributed by atoms with van der Waals surface area (Å²) in [7, 11) is 0. The predicted molar refractivity (Wildman–Crippen MR) is 55.3 cm³/mol. The van der Waals surface area contributed by atoms with Crippen LogP contribution in [0.1, 0.15) is 46.5 Å². The Hall–Kier alpha value is -0.0800. The van der Waals surface area contributed by atoms with Gasteiger partial charge in [-0.05, 0) is 19.8 Å². The molecule has 0 fully saturated rings. The maximum absolute atomic E-state index is 5.64. The summed E-state index contributed by atoms with van der Waals surface area (Å²) in [5.41, 5.74) is 5.64. The lowest BCUT2D eigenvalue weighted by Crippen LogP contribution is -2.41. The van der Waals surface area contributed by atoms with Crippen LogP contribution in [0, 0.1) is 0 Å². The van der Waals surface area contributed by atoms with Gasteiger partial charge in [0.25, 0.3) is 0 Å². The third kappa shape index (κ3) is 5.56. The first-order valence-corrected chi connectivity index (χ1v) is 5.20. The summed E-state index contributed by atoms with van der Waals surface area (Å²) in [5.74, 6) is 0. The van der Waals surface area contributed by atoms with Gasteiger partial charge >= 0.3 is 0 Å². The van der Waals surface area contributed by atoms with Crippen molar-refractivity contribution in [2.45, 2.75) is 58.5 Å². The quantitative estimate of drug-likeness (QED) is 0.615. The van der Waals surface area contributed by atoms with Crippen LogP contribution in [0.2, 0.25) is 0 Å². The second kappa shape index (κ2) is 7.56. The Balaban J connectivity index is 3.53. The molecule has 0 aromatic heterocycles. The third-order valence-corrected chi connectivity index (χ3v) is 2.16. The van der Waals surface area contributed by atoms with Gasteiger partial charge in [0.2, 0.25) is 0 Å². The topological polar surface area (TPSA) is 38.0 Å². The molecule has 0 aliphatic rings. The van der Waals surface area contributed by atoms with E-state index in [1.54, 1.807) is 0 Å². The molecule has 3 N–H and O–H groups in total. The van der Waals surface area contributed by atoms with Crippen molar-refractivity contribution in [2.75, 3.05) is 6.54 Å². The van der Waals surface area contributed by atoms with Gasteiger partial charge in [-0.2, -0.15) is 0 Å². The van der Waals surface area contributed by atoms with E-state index in [0.29, 0.717) is 12.1 Å². The minimum Gasteiger partial charge on any atom is -0.329 e. The fourth-order valence-corrected chi connectivity index (χ4v) is 1.54. The number of hydrogen-bond donors (Lipinski definition) is 2. The van der Waals surface area contributed by atoms with Crippen LogP contribution in [-0.2, 0) is 0 Å². The highest BCUT2D eigenvalue weighted by Gasteiger charge is 2.07. The summed E-state index contributed by atoms with van der Waals surface area (Å²) in [6.45, 7) is 7.42. The van der Waals surface area contributed by atoms with Crippen molar-refractivity contribution in [3.05, 3.63) is 0 Å². The predicted octanol–water partition coefficient (Wildman–Crippen LogP) is 1.89. The van der Waals surface area contributed by atoms with Crippen LogP contribution in [0.5, 0.6) is 0 Å². The highest BCUT2D eigenvalue weighted by molar-refractivity contribution is 4.71. The lowest BCUT2D eigenvalue weighted by molar-refractivity contribution is 0.408. The highest BCUT2D eigenvalue weighted by Crippen LogP contribution is 2.00. The number of nitrogens with one attached hydrogen (secondary N) is 1. The van der Waals surface area contributed by atoms with Crippen LogP contribution in [0.3, 0.4) is 0 Å². The molecule has 0 radical (unpaired) electrons. The Morgan fingerprint density at radius 3 is 2.17 bits per heavy atom. The Bertz CT molecular complexity index is 93.8. The molecule has 0 aliphatic carbocycles. The molecule has 0 aromatic rings. The van der Waals surface area contributed by atoms with E-state index < -0.39 is 0 Å². The van der Waals surface area contributed by atoms with E-state index in [0.717, 1.165) is 6.54 Å². The summed E-state index contributed by atoms with van der Waals surface area (Å²) in [6.07, 6.45) is 4.91. The van der Waals surface area contributed by atoms with Crippen LogP contribution < -0.4 is 11.1 Å². The van der Waals surface area contributed by atoms with Crippen molar-refractivity contribution < 1.29 is 0 Å². The molecule has 0 rings (SSSR count). The smallest absolute Gasteiger partial charge is 0.0192 e. The second-order valence-electron chi connectivity index (χ2n) is 3.58. The normalized spacial score (nSPS) is 16.0. The standard InChI is InChI=1S/C10H24N2/c1-4-6-9(3)12-10(8-11)7-5-2/h9-10,12H,4-8,11H2,1-3H3. The zero-order chi connectivity index (χ0) is 9.40. The molecule has 2 unspecified atom stereocenters. The van der Waals surface area contributed by atoms with Gasteiger partial charge in [0.05, 0.1) is 0 Å². The molecule has 12 heavy (non-hydrogen) atoms. The van der Waals surface area contributed by atoms with Crippen molar-refractivity contribution in [3.8, 4) is 0 Å². The Kier molecular flexibility index (Phi) is 7.51. The fourth-order valence-electron chi connectivity index (χ4n) is 1.54. The minimum absolute atomic E-state index is 0.525. The largest absolute Gasteiger partial charge is 0.329 e. The maximum atomic E-state index is 5.64. The van der Waals surface area contributed by atoms with E-state index in [1.165, 1.54) is 25.7 Å². The minimum atomic E-state index is 0.525. The Morgan fingerprint density at radius 1 is 1.17 bits per heavy atom. The zero-order valence-corrected chi connectivity index (χ0v) is 8.77. The maximum Gasteiger partial charge on any atom is 0.0192 e. The first-order valence-electron chi connectivity index (χ1n) is 5.20. The monoisotopic (exact) mass is 172 g/mol. The van der Waals surface area contributed by atoms with Crippen molar-refractivity contribution in [1.29, 1.82) is 0 Å². The highest BCUT2D eigenvalue weighted by atomic mass is 15.0. The van der Waals surface area contributed by atoms with Crippen LogP contribution in [0.4, 0.5) is 0 Å². The van der Waals surface area contributed by atoms with Gasteiger partial charge in [0, 0.05) is 18.6 Å². The third-order valence-electron chi connectivity index (χ3n) is 2.16. The Morgan fingerprint density at radius 2 is 1.75 bits per heavy atom. The molecule has 0 aromatic carbocycles. The van der Waals surface area contributed by atoms with E-state index in [1.807, 2.05) is 0 Å². The van der Waals surface area contributed by atoms with Crippen LogP contribution in [0.15, 0.2) is 0 Å². The van der Waals surface area contributed by atoms with Gasteiger partial charge in [-0.3, -0.25) is 0 Å². The molecule has 0 spiro atoms. The van der Waals surface area contributed by atoms with Crippen molar-refractivity contribution in [2.24, 2.45) is 5.73 Å². The van der Waals surface area contributed by atoms with Gasteiger partial charge in [0.1, 0.15) is 0 Å². The molecule has 2 atom stereocenters. The van der Waals surface area contributed by atoms with E-state index in [9.17, 15) is 0 Å². The van der Waals surface area contributed by atoms with Gasteiger partial charge in [-0.25, -0.2) is 0 Å². The molecule has 0 saturated carbocycles. The van der Waals surface area contributed by atoms with Crippen LogP contribution >= 0.6 is 0 Å². The van der Waals surface area contributed by atoms with Crippen molar-refractivity contribution in [3.63, 3.8) is 0 Å². The lowest BCUT2D eigenvalue weighted by atomic mass is 10.1. The first-order chi connectivity index (χ1) is 5.74. The van der Waals surface area contributed by atoms with E-state index in [4.69, 9.17) is 5.73 Å². The molecular formula is C10H24N2. The van der Waals surface area contributed by atoms with Crippen LogP contribution in [-0.4, -0.2) is 18.6 Å². The molecule has 2 heteroatoms. The first kappa shape index (κ1) is 11.9. The van der Waals surface area contributed by atoms with Gasteiger partial charge in [-0.1, -0.05) is 26.7 Å². The molecule has 0 heterocycles. The molecule has 0 amide bonds. The Labute approximate surface area is 76.9 Å². The summed E-state index contributed by atoms with van der Waals surface area (Å²) in [4.78, 5) is 0. The average Bonchev–Trinajstić information content (AvgIpc) is 2.04. The fraction of sp³-hybridized carbons (Fsp3) is 1.00. The number of nitrogens with two attached hydrogens (primary N) is 1. The van der Waals surface area contributed by atoms with Crippen LogP contribution in [0.25, 0.3) is 0 Å². The van der Waals surface area contributed by atoms with Crippen molar-refractivity contribution >= 4 is 0 Å². The number of rotatable bonds is 7. The van der Waals surface area contributed by atoms with Gasteiger partial charge < -0.3 is 11.1 Å². The number of hydrogen-bond acceptors (Lipinski definition) is 2. The summed E-state index contributed by atoms with van der Waals surface area (Å²) < 4.78 is 0. The lowest BCUT2D eigenvalue weighted by Gasteiger charge is -2.21. The molecular weight excluding hydrogens is 148 g/mol. The summed E-state index contributed by atoms with van der Waals surface area (Å²) in [6, 6.07) is 1.15. The zero-order valence-electron chi connectivity index (χ0n) is 8.77. The average molecular weight is 172 g/mol. The van der Waals surface area contributed by atoms with E-state index in [2.05, 4.69) is 26.1 Å². The molecule has 0 aliphatic heterocycles. The SMILES string of the molecule is CCCC(C)NC(CN)CCC.